The third-order valence-electron chi connectivity index (χ3n) is 3.66. The largest absolute Gasteiger partial charge is 0.396 e. The van der Waals surface area contributed by atoms with Crippen LogP contribution in [-0.2, 0) is 9.47 Å². The van der Waals surface area contributed by atoms with E-state index in [4.69, 9.17) is 20.5 Å². The van der Waals surface area contributed by atoms with Gasteiger partial charge < -0.3 is 20.1 Å². The van der Waals surface area contributed by atoms with E-state index in [1.807, 2.05) is 6.07 Å². The van der Waals surface area contributed by atoms with Gasteiger partial charge >= 0.3 is 0 Å². The summed E-state index contributed by atoms with van der Waals surface area (Å²) in [5, 5.41) is 8.81. The van der Waals surface area contributed by atoms with E-state index < -0.39 is 5.79 Å². The molecule has 1 aromatic heterocycles. The highest BCUT2D eigenvalue weighted by Gasteiger charge is 2.40. The molecule has 2 aliphatic heterocycles. The van der Waals surface area contributed by atoms with Crippen LogP contribution in [0.15, 0.2) is 12.3 Å². The summed E-state index contributed by atoms with van der Waals surface area (Å²) in [6, 6.07) is 3.70. The molecule has 6 heteroatoms. The lowest BCUT2D eigenvalue weighted by Gasteiger charge is -2.38. The van der Waals surface area contributed by atoms with E-state index in [1.165, 1.54) is 0 Å². The van der Waals surface area contributed by atoms with Gasteiger partial charge in [-0.2, -0.15) is 5.26 Å². The number of nitriles is 1. The Morgan fingerprint density at radius 2 is 2.00 bits per heavy atom. The Morgan fingerprint density at radius 3 is 2.58 bits per heavy atom. The third kappa shape index (κ3) is 2.23. The molecule has 0 radical (unpaired) electrons. The summed E-state index contributed by atoms with van der Waals surface area (Å²) in [6.45, 7) is 2.95. The van der Waals surface area contributed by atoms with Crippen LogP contribution in [0, 0.1) is 11.3 Å². The molecule has 2 aliphatic rings. The molecule has 0 bridgehead atoms. The zero-order valence-corrected chi connectivity index (χ0v) is 10.6. The third-order valence-corrected chi connectivity index (χ3v) is 3.66. The van der Waals surface area contributed by atoms with Crippen LogP contribution in [0.3, 0.4) is 0 Å². The average molecular weight is 260 g/mol. The standard InChI is InChI=1S/C13H16N4O2/c14-8-10-7-11(15)12(16-9-10)17-3-1-13(2-4-17)18-5-6-19-13/h7,9H,1-6,15H2. The van der Waals surface area contributed by atoms with Crippen molar-refractivity contribution in [3.05, 3.63) is 17.8 Å². The number of rotatable bonds is 1. The maximum absolute atomic E-state index is 8.81. The number of ether oxygens (including phenoxy) is 2. The average Bonchev–Trinajstić information content (AvgIpc) is 2.88. The fourth-order valence-electron chi connectivity index (χ4n) is 2.64. The monoisotopic (exact) mass is 260 g/mol. The van der Waals surface area contributed by atoms with Gasteiger partial charge in [-0.05, 0) is 6.07 Å². The second kappa shape index (κ2) is 4.68. The first kappa shape index (κ1) is 12.2. The Labute approximate surface area is 111 Å². The van der Waals surface area contributed by atoms with Crippen molar-refractivity contribution in [1.82, 2.24) is 4.98 Å². The van der Waals surface area contributed by atoms with E-state index in [-0.39, 0.29) is 0 Å². The normalized spacial score (nSPS) is 21.5. The first-order valence-corrected chi connectivity index (χ1v) is 6.41. The molecule has 0 unspecified atom stereocenters. The van der Waals surface area contributed by atoms with Gasteiger partial charge in [0, 0.05) is 32.1 Å². The number of aromatic nitrogens is 1. The molecule has 1 spiro atoms. The molecule has 0 aromatic carbocycles. The van der Waals surface area contributed by atoms with E-state index in [1.54, 1.807) is 12.3 Å². The van der Waals surface area contributed by atoms with Crippen LogP contribution in [0.2, 0.25) is 0 Å². The van der Waals surface area contributed by atoms with Crippen molar-refractivity contribution < 1.29 is 9.47 Å². The molecule has 100 valence electrons. The van der Waals surface area contributed by atoms with E-state index in [0.29, 0.717) is 24.5 Å². The lowest BCUT2D eigenvalue weighted by atomic mass is 10.0. The van der Waals surface area contributed by atoms with E-state index >= 15 is 0 Å². The predicted molar refractivity (Wildman–Crippen MR) is 69.4 cm³/mol. The van der Waals surface area contributed by atoms with Crippen molar-refractivity contribution in [2.45, 2.75) is 18.6 Å². The summed E-state index contributed by atoms with van der Waals surface area (Å²) in [6.07, 6.45) is 3.18. The summed E-state index contributed by atoms with van der Waals surface area (Å²) in [5.74, 6) is 0.351. The molecule has 0 atom stereocenters. The molecule has 19 heavy (non-hydrogen) atoms. The Morgan fingerprint density at radius 1 is 1.32 bits per heavy atom. The molecule has 0 saturated carbocycles. The van der Waals surface area contributed by atoms with Gasteiger partial charge in [0.15, 0.2) is 11.6 Å². The van der Waals surface area contributed by atoms with Crippen molar-refractivity contribution in [3.8, 4) is 6.07 Å². The zero-order chi connectivity index (χ0) is 13.3. The molecule has 1 aromatic rings. The second-order valence-electron chi connectivity index (χ2n) is 4.84. The zero-order valence-electron chi connectivity index (χ0n) is 10.6. The molecule has 0 aliphatic carbocycles. The van der Waals surface area contributed by atoms with Crippen LogP contribution in [0.5, 0.6) is 0 Å². The van der Waals surface area contributed by atoms with Crippen LogP contribution < -0.4 is 10.6 Å². The lowest BCUT2D eigenvalue weighted by molar-refractivity contribution is -0.169. The minimum atomic E-state index is -0.391. The highest BCUT2D eigenvalue weighted by atomic mass is 16.7. The quantitative estimate of drug-likeness (QED) is 0.806. The van der Waals surface area contributed by atoms with Gasteiger partial charge in [0.25, 0.3) is 0 Å². The van der Waals surface area contributed by atoms with Crippen LogP contribution >= 0.6 is 0 Å². The van der Waals surface area contributed by atoms with Crippen molar-refractivity contribution in [2.75, 3.05) is 36.9 Å². The van der Waals surface area contributed by atoms with Gasteiger partial charge in [0.1, 0.15) is 6.07 Å². The lowest BCUT2D eigenvalue weighted by Crippen LogP contribution is -2.45. The predicted octanol–water partition coefficient (Wildman–Crippen LogP) is 0.879. The van der Waals surface area contributed by atoms with Gasteiger partial charge in [0.2, 0.25) is 0 Å². The molecule has 3 rings (SSSR count). The summed E-state index contributed by atoms with van der Waals surface area (Å²) in [4.78, 5) is 6.40. The van der Waals surface area contributed by atoms with Crippen molar-refractivity contribution >= 4 is 11.5 Å². The van der Waals surface area contributed by atoms with Gasteiger partial charge in [-0.15, -0.1) is 0 Å². The number of hydrogen-bond acceptors (Lipinski definition) is 6. The summed E-state index contributed by atoms with van der Waals surface area (Å²) < 4.78 is 11.4. The van der Waals surface area contributed by atoms with Gasteiger partial charge in [0.05, 0.1) is 24.5 Å². The smallest absolute Gasteiger partial charge is 0.171 e. The molecule has 2 saturated heterocycles. The number of pyridine rings is 1. The fraction of sp³-hybridized carbons (Fsp3) is 0.538. The first-order valence-electron chi connectivity index (χ1n) is 6.41. The molecule has 2 N–H and O–H groups in total. The SMILES string of the molecule is N#Cc1cnc(N2CCC3(CC2)OCCO3)c(N)c1. The number of nitrogen functional groups attached to an aromatic ring is 1. The second-order valence-corrected chi connectivity index (χ2v) is 4.84. The number of anilines is 2. The van der Waals surface area contributed by atoms with Crippen molar-refractivity contribution in [1.29, 1.82) is 5.26 Å². The Kier molecular flexibility index (Phi) is 3.01. The number of hydrogen-bond donors (Lipinski definition) is 1. The molecule has 3 heterocycles. The number of nitrogens with zero attached hydrogens (tertiary/aromatic N) is 3. The molecular weight excluding hydrogens is 244 g/mol. The Balaban J connectivity index is 1.73. The Hall–Kier alpha value is -1.84. The van der Waals surface area contributed by atoms with E-state index in [0.717, 1.165) is 31.7 Å². The molecular formula is C13H16N4O2. The highest BCUT2D eigenvalue weighted by Crippen LogP contribution is 2.34. The van der Waals surface area contributed by atoms with Crippen molar-refractivity contribution in [2.24, 2.45) is 0 Å². The highest BCUT2D eigenvalue weighted by molar-refractivity contribution is 5.64. The maximum atomic E-state index is 8.81. The number of nitrogens with two attached hydrogens (primary N) is 1. The Bertz CT molecular complexity index is 510. The fourth-order valence-corrected chi connectivity index (χ4v) is 2.64. The van der Waals surface area contributed by atoms with Crippen molar-refractivity contribution in [3.63, 3.8) is 0 Å². The van der Waals surface area contributed by atoms with Crippen LogP contribution in [-0.4, -0.2) is 37.1 Å². The maximum Gasteiger partial charge on any atom is 0.171 e. The topological polar surface area (TPSA) is 84.4 Å². The van der Waals surface area contributed by atoms with Crippen LogP contribution in [0.4, 0.5) is 11.5 Å². The van der Waals surface area contributed by atoms with Crippen LogP contribution in [0.25, 0.3) is 0 Å². The minimum Gasteiger partial charge on any atom is -0.396 e. The van der Waals surface area contributed by atoms with E-state index in [9.17, 15) is 0 Å². The van der Waals surface area contributed by atoms with Gasteiger partial charge in [-0.25, -0.2) is 4.98 Å². The van der Waals surface area contributed by atoms with E-state index in [2.05, 4.69) is 9.88 Å². The minimum absolute atomic E-state index is 0.391. The number of piperidine rings is 1. The first-order chi connectivity index (χ1) is 9.22. The summed E-state index contributed by atoms with van der Waals surface area (Å²) >= 11 is 0. The molecule has 2 fully saturated rings. The summed E-state index contributed by atoms with van der Waals surface area (Å²) in [5.41, 5.74) is 6.98. The van der Waals surface area contributed by atoms with Crippen LogP contribution in [0.1, 0.15) is 18.4 Å². The summed E-state index contributed by atoms with van der Waals surface area (Å²) in [7, 11) is 0. The molecule has 6 nitrogen and oxygen atoms in total. The van der Waals surface area contributed by atoms with Gasteiger partial charge in [-0.3, -0.25) is 0 Å². The molecule has 0 amide bonds. The van der Waals surface area contributed by atoms with Gasteiger partial charge in [-0.1, -0.05) is 0 Å².